The zero-order chi connectivity index (χ0) is 21.7. The Bertz CT molecular complexity index is 1080. The van der Waals surface area contributed by atoms with Gasteiger partial charge in [0.25, 0.3) is 11.9 Å². The maximum Gasteiger partial charge on any atom is 0.321 e. The second kappa shape index (κ2) is 9.12. The molecule has 3 rings (SSSR count). The lowest BCUT2D eigenvalue weighted by molar-refractivity contribution is 0.0948. The highest BCUT2D eigenvalue weighted by Crippen LogP contribution is 2.34. The molecule has 0 spiro atoms. The van der Waals surface area contributed by atoms with Gasteiger partial charge in [0.2, 0.25) is 0 Å². The molecule has 3 amide bonds. The van der Waals surface area contributed by atoms with E-state index in [0.717, 1.165) is 5.56 Å². The monoisotopic (exact) mass is 412 g/mol. The number of nitrogens with zero attached hydrogens (tertiary/aromatic N) is 3. The quantitative estimate of drug-likeness (QED) is 0.548. The molecule has 0 atom stereocenters. The maximum absolute atomic E-state index is 12.7. The van der Waals surface area contributed by atoms with Crippen molar-refractivity contribution in [3.05, 3.63) is 36.0 Å². The molecule has 0 radical (unpaired) electrons. The van der Waals surface area contributed by atoms with E-state index in [0.29, 0.717) is 35.8 Å². The van der Waals surface area contributed by atoms with Gasteiger partial charge in [-0.1, -0.05) is 0 Å². The molecule has 0 saturated heterocycles. The van der Waals surface area contributed by atoms with Crippen molar-refractivity contribution in [1.29, 1.82) is 0 Å². The fourth-order valence-electron chi connectivity index (χ4n) is 2.95. The molecular weight excluding hydrogens is 388 g/mol. The maximum atomic E-state index is 12.7. The van der Waals surface area contributed by atoms with Gasteiger partial charge in [-0.05, 0) is 43.7 Å². The number of nitrogens with one attached hydrogen (secondary N) is 3. The molecule has 0 aliphatic heterocycles. The first-order valence-electron chi connectivity index (χ1n) is 9.47. The van der Waals surface area contributed by atoms with E-state index in [1.165, 1.54) is 4.52 Å². The second-order valence-electron chi connectivity index (χ2n) is 6.24. The minimum atomic E-state index is -0.426. The number of carbonyl (C=O) groups is 2. The van der Waals surface area contributed by atoms with E-state index in [4.69, 9.17) is 9.47 Å². The molecule has 3 aromatic rings. The van der Waals surface area contributed by atoms with E-state index in [1.54, 1.807) is 45.4 Å². The average molecular weight is 412 g/mol. The van der Waals surface area contributed by atoms with E-state index < -0.39 is 6.03 Å². The van der Waals surface area contributed by atoms with Crippen LogP contribution in [0.5, 0.6) is 11.5 Å². The van der Waals surface area contributed by atoms with Crippen molar-refractivity contribution in [3.63, 3.8) is 0 Å². The standard InChI is InChI=1S/C20H24N6O4/c1-5-21-18(27)15-9-12(14-8-7-13(29-3)11-16(14)30-4)10-17-23-19(25-26(15)17)24-20(28)22-6-2/h7-11H,5-6H2,1-4H3,(H,21,27)(H2,22,24,25,28). The Morgan fingerprint density at radius 2 is 1.80 bits per heavy atom. The number of benzene rings is 1. The molecule has 0 aliphatic carbocycles. The Labute approximate surface area is 173 Å². The highest BCUT2D eigenvalue weighted by atomic mass is 16.5. The number of pyridine rings is 1. The predicted octanol–water partition coefficient (Wildman–Crippen LogP) is 2.30. The van der Waals surface area contributed by atoms with Crippen LogP contribution in [-0.2, 0) is 0 Å². The van der Waals surface area contributed by atoms with Gasteiger partial charge < -0.3 is 20.1 Å². The molecule has 0 saturated carbocycles. The second-order valence-corrected chi connectivity index (χ2v) is 6.24. The summed E-state index contributed by atoms with van der Waals surface area (Å²) in [5.74, 6) is 1.01. The molecule has 0 bridgehead atoms. The molecule has 158 valence electrons. The predicted molar refractivity (Wildman–Crippen MR) is 112 cm³/mol. The van der Waals surface area contributed by atoms with Crippen LogP contribution in [0.15, 0.2) is 30.3 Å². The number of rotatable bonds is 7. The van der Waals surface area contributed by atoms with E-state index >= 15 is 0 Å². The summed E-state index contributed by atoms with van der Waals surface area (Å²) in [5.41, 5.74) is 2.14. The Morgan fingerprint density at radius 3 is 2.47 bits per heavy atom. The number of aromatic nitrogens is 3. The summed E-state index contributed by atoms with van der Waals surface area (Å²) < 4.78 is 12.1. The first kappa shape index (κ1) is 20.9. The minimum absolute atomic E-state index is 0.0883. The summed E-state index contributed by atoms with van der Waals surface area (Å²) in [4.78, 5) is 28.9. The lowest BCUT2D eigenvalue weighted by Crippen LogP contribution is -2.28. The molecule has 0 fully saturated rings. The van der Waals surface area contributed by atoms with Crippen LogP contribution in [0.25, 0.3) is 16.8 Å². The SMILES string of the molecule is CCNC(=O)Nc1nc2cc(-c3ccc(OC)cc3OC)cc(C(=O)NCC)n2n1. The van der Waals surface area contributed by atoms with Crippen LogP contribution in [0.3, 0.4) is 0 Å². The Hall–Kier alpha value is -3.82. The fourth-order valence-corrected chi connectivity index (χ4v) is 2.95. The average Bonchev–Trinajstić information content (AvgIpc) is 3.14. The zero-order valence-electron chi connectivity index (χ0n) is 17.3. The summed E-state index contributed by atoms with van der Waals surface area (Å²) in [7, 11) is 3.14. The van der Waals surface area contributed by atoms with Gasteiger partial charge in [0, 0.05) is 24.7 Å². The van der Waals surface area contributed by atoms with Gasteiger partial charge in [0.15, 0.2) is 5.65 Å². The van der Waals surface area contributed by atoms with Gasteiger partial charge in [-0.3, -0.25) is 10.1 Å². The highest BCUT2D eigenvalue weighted by molar-refractivity contribution is 5.95. The third kappa shape index (κ3) is 4.27. The summed E-state index contributed by atoms with van der Waals surface area (Å²) in [5, 5.41) is 12.2. The molecule has 3 N–H and O–H groups in total. The van der Waals surface area contributed by atoms with Crippen LogP contribution in [0.4, 0.5) is 10.7 Å². The van der Waals surface area contributed by atoms with Gasteiger partial charge in [-0.25, -0.2) is 9.31 Å². The normalized spacial score (nSPS) is 10.5. The van der Waals surface area contributed by atoms with Crippen LogP contribution in [-0.4, -0.2) is 53.8 Å². The van der Waals surface area contributed by atoms with E-state index in [-0.39, 0.29) is 17.5 Å². The van der Waals surface area contributed by atoms with Gasteiger partial charge in [-0.15, -0.1) is 5.10 Å². The molecule has 1 aromatic carbocycles. The van der Waals surface area contributed by atoms with E-state index in [2.05, 4.69) is 26.0 Å². The largest absolute Gasteiger partial charge is 0.497 e. The first-order valence-corrected chi connectivity index (χ1v) is 9.47. The lowest BCUT2D eigenvalue weighted by atomic mass is 10.0. The number of ether oxygens (including phenoxy) is 2. The molecule has 2 heterocycles. The number of fused-ring (bicyclic) bond motifs is 1. The van der Waals surface area contributed by atoms with Crippen LogP contribution < -0.4 is 25.4 Å². The van der Waals surface area contributed by atoms with Crippen LogP contribution in [0.1, 0.15) is 24.3 Å². The van der Waals surface area contributed by atoms with Crippen molar-refractivity contribution in [1.82, 2.24) is 25.2 Å². The van der Waals surface area contributed by atoms with Crippen LogP contribution >= 0.6 is 0 Å². The number of hydrogen-bond donors (Lipinski definition) is 3. The van der Waals surface area contributed by atoms with E-state index in [9.17, 15) is 9.59 Å². The zero-order valence-corrected chi connectivity index (χ0v) is 17.3. The topological polar surface area (TPSA) is 119 Å². The van der Waals surface area contributed by atoms with Crippen LogP contribution in [0.2, 0.25) is 0 Å². The van der Waals surface area contributed by atoms with Crippen molar-refractivity contribution < 1.29 is 19.1 Å². The third-order valence-electron chi connectivity index (χ3n) is 4.29. The molecule has 0 aliphatic rings. The molecule has 10 nitrogen and oxygen atoms in total. The Balaban J connectivity index is 2.14. The van der Waals surface area contributed by atoms with Crippen molar-refractivity contribution in [2.75, 3.05) is 32.6 Å². The first-order chi connectivity index (χ1) is 14.5. The highest BCUT2D eigenvalue weighted by Gasteiger charge is 2.18. The molecule has 2 aromatic heterocycles. The number of urea groups is 1. The Morgan fingerprint density at radius 1 is 1.03 bits per heavy atom. The summed E-state index contributed by atoms with van der Waals surface area (Å²) in [6, 6.07) is 8.45. The van der Waals surface area contributed by atoms with Crippen molar-refractivity contribution in [3.8, 4) is 22.6 Å². The lowest BCUT2D eigenvalue weighted by Gasteiger charge is -2.12. The Kier molecular flexibility index (Phi) is 6.35. The molecular formula is C20H24N6O4. The molecule has 30 heavy (non-hydrogen) atoms. The van der Waals surface area contributed by atoms with Crippen molar-refractivity contribution in [2.24, 2.45) is 0 Å². The number of amides is 3. The number of hydrogen-bond acceptors (Lipinski definition) is 6. The smallest absolute Gasteiger partial charge is 0.321 e. The molecule has 0 unspecified atom stereocenters. The summed E-state index contributed by atoms with van der Waals surface area (Å²) >= 11 is 0. The van der Waals surface area contributed by atoms with Gasteiger partial charge in [0.05, 0.1) is 14.2 Å². The minimum Gasteiger partial charge on any atom is -0.497 e. The van der Waals surface area contributed by atoms with E-state index in [1.807, 2.05) is 13.0 Å². The van der Waals surface area contributed by atoms with Gasteiger partial charge in [-0.2, -0.15) is 4.98 Å². The molecule has 10 heteroatoms. The van der Waals surface area contributed by atoms with Crippen molar-refractivity contribution in [2.45, 2.75) is 13.8 Å². The third-order valence-corrected chi connectivity index (χ3v) is 4.29. The number of methoxy groups -OCH3 is 2. The van der Waals surface area contributed by atoms with Gasteiger partial charge >= 0.3 is 6.03 Å². The fraction of sp³-hybridized carbons (Fsp3) is 0.300. The van der Waals surface area contributed by atoms with Crippen LogP contribution in [0, 0.1) is 0 Å². The van der Waals surface area contributed by atoms with Crippen molar-refractivity contribution >= 4 is 23.5 Å². The van der Waals surface area contributed by atoms with Gasteiger partial charge in [0.1, 0.15) is 17.2 Å². The number of carbonyl (C=O) groups excluding carboxylic acids is 2. The summed E-state index contributed by atoms with van der Waals surface area (Å²) in [6.07, 6.45) is 0. The number of anilines is 1. The summed E-state index contributed by atoms with van der Waals surface area (Å²) in [6.45, 7) is 4.55.